The molecule has 9 heteroatoms. The van der Waals surface area contributed by atoms with Crippen molar-refractivity contribution in [3.05, 3.63) is 94.3 Å². The van der Waals surface area contributed by atoms with Gasteiger partial charge in [0.1, 0.15) is 17.3 Å². The van der Waals surface area contributed by atoms with Crippen molar-refractivity contribution in [2.24, 2.45) is 0 Å². The van der Waals surface area contributed by atoms with Gasteiger partial charge >= 0.3 is 5.91 Å². The minimum Gasteiger partial charge on any atom is -0.507 e. The van der Waals surface area contributed by atoms with Crippen LogP contribution in [-0.2, 0) is 9.59 Å². The van der Waals surface area contributed by atoms with Gasteiger partial charge < -0.3 is 9.84 Å². The SMILES string of the molecule is COc1ccc(/C(O)=C2\C(=O)C(=O)N(c3nc4ccc(F)cc4s3)[C@@H]2c2cccc(Cl)c2)cc1. The van der Waals surface area contributed by atoms with E-state index in [0.717, 1.165) is 11.3 Å². The number of carbonyl (C=O) groups is 2. The zero-order valence-corrected chi connectivity index (χ0v) is 19.2. The van der Waals surface area contributed by atoms with E-state index in [1.54, 1.807) is 48.5 Å². The molecule has 0 bridgehead atoms. The number of methoxy groups -OCH3 is 1. The molecule has 0 saturated carbocycles. The Balaban J connectivity index is 1.72. The molecule has 1 aliphatic heterocycles. The van der Waals surface area contributed by atoms with Crippen molar-refractivity contribution in [3.63, 3.8) is 0 Å². The molecule has 0 spiro atoms. The normalized spacial score (nSPS) is 17.5. The fourth-order valence-corrected chi connectivity index (χ4v) is 5.13. The highest BCUT2D eigenvalue weighted by Gasteiger charge is 2.48. The molecule has 34 heavy (non-hydrogen) atoms. The summed E-state index contributed by atoms with van der Waals surface area (Å²) in [5.41, 5.74) is 1.26. The van der Waals surface area contributed by atoms with E-state index in [2.05, 4.69) is 4.98 Å². The van der Waals surface area contributed by atoms with Crippen LogP contribution in [0.5, 0.6) is 5.75 Å². The van der Waals surface area contributed by atoms with Crippen molar-refractivity contribution >= 4 is 55.7 Å². The predicted molar refractivity (Wildman–Crippen MR) is 129 cm³/mol. The Morgan fingerprint density at radius 3 is 2.59 bits per heavy atom. The number of rotatable bonds is 4. The number of Topliss-reactive ketones (excluding diaryl/α,β-unsaturated/α-hetero) is 1. The molecule has 2 heterocycles. The van der Waals surface area contributed by atoms with Gasteiger partial charge in [-0.05, 0) is 60.2 Å². The van der Waals surface area contributed by atoms with Gasteiger partial charge in [0.25, 0.3) is 5.78 Å². The van der Waals surface area contributed by atoms with Gasteiger partial charge in [-0.3, -0.25) is 14.5 Å². The summed E-state index contributed by atoms with van der Waals surface area (Å²) in [5, 5.41) is 11.8. The van der Waals surface area contributed by atoms with E-state index in [9.17, 15) is 19.1 Å². The highest BCUT2D eigenvalue weighted by atomic mass is 35.5. The summed E-state index contributed by atoms with van der Waals surface area (Å²) in [6, 6.07) is 16.3. The molecule has 1 aromatic heterocycles. The minimum atomic E-state index is -0.980. The van der Waals surface area contributed by atoms with Gasteiger partial charge in [0.2, 0.25) is 0 Å². The molecule has 1 amide bonds. The van der Waals surface area contributed by atoms with Crippen LogP contribution < -0.4 is 9.64 Å². The monoisotopic (exact) mass is 494 g/mol. The van der Waals surface area contributed by atoms with Crippen LogP contribution in [0.4, 0.5) is 9.52 Å². The van der Waals surface area contributed by atoms with Crippen molar-refractivity contribution in [2.45, 2.75) is 6.04 Å². The molecule has 1 aliphatic rings. The summed E-state index contributed by atoms with van der Waals surface area (Å²) in [7, 11) is 1.52. The van der Waals surface area contributed by atoms with Crippen LogP contribution in [0.1, 0.15) is 17.2 Å². The lowest BCUT2D eigenvalue weighted by atomic mass is 9.95. The number of nitrogens with zero attached hydrogens (tertiary/aromatic N) is 2. The van der Waals surface area contributed by atoms with Crippen LogP contribution in [0.3, 0.4) is 0 Å². The maximum atomic E-state index is 13.7. The van der Waals surface area contributed by atoms with E-state index in [4.69, 9.17) is 16.3 Å². The van der Waals surface area contributed by atoms with E-state index in [1.807, 2.05) is 0 Å². The van der Waals surface area contributed by atoms with E-state index < -0.39 is 23.5 Å². The summed E-state index contributed by atoms with van der Waals surface area (Å²) in [4.78, 5) is 32.1. The van der Waals surface area contributed by atoms with Gasteiger partial charge in [-0.1, -0.05) is 35.1 Å². The number of hydrogen-bond donors (Lipinski definition) is 1. The number of ether oxygens (including phenoxy) is 1. The molecule has 0 unspecified atom stereocenters. The number of ketones is 1. The lowest BCUT2D eigenvalue weighted by molar-refractivity contribution is -0.132. The Labute approximate surface area is 202 Å². The van der Waals surface area contributed by atoms with Gasteiger partial charge in [0.15, 0.2) is 5.13 Å². The predicted octanol–water partition coefficient (Wildman–Crippen LogP) is 5.72. The fraction of sp³-hybridized carbons (Fsp3) is 0.0800. The Morgan fingerprint density at radius 2 is 1.88 bits per heavy atom. The number of aromatic nitrogens is 1. The molecule has 4 aromatic rings. The first-order valence-corrected chi connectivity index (χ1v) is 11.3. The van der Waals surface area contributed by atoms with Gasteiger partial charge in [-0.2, -0.15) is 0 Å². The van der Waals surface area contributed by atoms with Gasteiger partial charge in [0.05, 0.1) is 28.9 Å². The lowest BCUT2D eigenvalue weighted by Gasteiger charge is -2.23. The van der Waals surface area contributed by atoms with E-state index >= 15 is 0 Å². The zero-order chi connectivity index (χ0) is 24.0. The van der Waals surface area contributed by atoms with Crippen LogP contribution in [0.15, 0.2) is 72.3 Å². The first-order valence-electron chi connectivity index (χ1n) is 10.1. The molecule has 1 fully saturated rings. The van der Waals surface area contributed by atoms with Crippen LogP contribution >= 0.6 is 22.9 Å². The van der Waals surface area contributed by atoms with Gasteiger partial charge in [0, 0.05) is 10.6 Å². The molecule has 170 valence electrons. The van der Waals surface area contributed by atoms with Crippen LogP contribution in [0.2, 0.25) is 5.02 Å². The smallest absolute Gasteiger partial charge is 0.301 e. The molecule has 1 atom stereocenters. The van der Waals surface area contributed by atoms with E-state index in [0.29, 0.717) is 32.1 Å². The third-order valence-electron chi connectivity index (χ3n) is 5.52. The second-order valence-electron chi connectivity index (χ2n) is 7.56. The van der Waals surface area contributed by atoms with E-state index in [-0.39, 0.29) is 16.5 Å². The molecule has 0 aliphatic carbocycles. The standard InChI is InChI=1S/C25H16ClFN2O4S/c1-33-17-8-5-13(6-9-17)22(30)20-21(14-3-2-4-15(26)11-14)29(24(32)23(20)31)25-28-18-10-7-16(27)12-19(18)34-25/h2-12,21,30H,1H3/b22-20+/t21-/m1/s1. The number of hydrogen-bond acceptors (Lipinski definition) is 6. The van der Waals surface area contributed by atoms with Crippen LogP contribution in [0.25, 0.3) is 16.0 Å². The first kappa shape index (κ1) is 22.1. The van der Waals surface area contributed by atoms with E-state index in [1.165, 1.54) is 30.2 Å². The molecule has 3 aromatic carbocycles. The molecular formula is C25H16ClFN2O4S. The number of anilines is 1. The molecular weight excluding hydrogens is 479 g/mol. The van der Waals surface area contributed by atoms with Crippen LogP contribution in [0, 0.1) is 5.82 Å². The Bertz CT molecular complexity index is 1480. The molecule has 1 N–H and O–H groups in total. The Morgan fingerprint density at radius 1 is 1.12 bits per heavy atom. The summed E-state index contributed by atoms with van der Waals surface area (Å²) in [5.74, 6) is -1.90. The summed E-state index contributed by atoms with van der Waals surface area (Å²) in [6.45, 7) is 0. The van der Waals surface area contributed by atoms with Crippen LogP contribution in [-0.4, -0.2) is 28.9 Å². The molecule has 1 saturated heterocycles. The highest BCUT2D eigenvalue weighted by Crippen LogP contribution is 2.44. The minimum absolute atomic E-state index is 0.0946. The molecule has 0 radical (unpaired) electrons. The third kappa shape index (κ3) is 3.70. The maximum Gasteiger partial charge on any atom is 0.301 e. The van der Waals surface area contributed by atoms with Crippen molar-refractivity contribution in [1.29, 1.82) is 0 Å². The summed E-state index contributed by atoms with van der Waals surface area (Å²) >= 11 is 7.29. The maximum absolute atomic E-state index is 13.7. The summed E-state index contributed by atoms with van der Waals surface area (Å²) < 4.78 is 19.4. The lowest BCUT2D eigenvalue weighted by Crippen LogP contribution is -2.29. The zero-order valence-electron chi connectivity index (χ0n) is 17.7. The van der Waals surface area contributed by atoms with Crippen molar-refractivity contribution in [3.8, 4) is 5.75 Å². The number of amides is 1. The van der Waals surface area contributed by atoms with Crippen molar-refractivity contribution in [2.75, 3.05) is 12.0 Å². The number of aliphatic hydroxyl groups is 1. The second-order valence-corrected chi connectivity index (χ2v) is 9.01. The largest absolute Gasteiger partial charge is 0.507 e. The summed E-state index contributed by atoms with van der Waals surface area (Å²) in [6.07, 6.45) is 0. The number of carbonyl (C=O) groups excluding carboxylic acids is 2. The average molecular weight is 495 g/mol. The van der Waals surface area contributed by atoms with Crippen molar-refractivity contribution < 1.29 is 23.8 Å². The van der Waals surface area contributed by atoms with Crippen molar-refractivity contribution in [1.82, 2.24) is 4.98 Å². The van der Waals surface area contributed by atoms with Gasteiger partial charge in [-0.15, -0.1) is 0 Å². The van der Waals surface area contributed by atoms with Gasteiger partial charge in [-0.25, -0.2) is 9.37 Å². The molecule has 6 nitrogen and oxygen atoms in total. The quantitative estimate of drug-likeness (QED) is 0.223. The molecule has 5 rings (SSSR count). The number of aliphatic hydroxyl groups excluding tert-OH is 1. The fourth-order valence-electron chi connectivity index (χ4n) is 3.92. The first-order chi connectivity index (χ1) is 16.4. The second kappa shape index (κ2) is 8.55. The number of benzene rings is 3. The topological polar surface area (TPSA) is 79.7 Å². The third-order valence-corrected chi connectivity index (χ3v) is 6.77. The Kier molecular flexibility index (Phi) is 5.55. The average Bonchev–Trinajstić information content (AvgIpc) is 3.36. The number of fused-ring (bicyclic) bond motifs is 1. The number of halogens is 2. The highest BCUT2D eigenvalue weighted by molar-refractivity contribution is 7.22. The Hall–Kier alpha value is -3.75. The number of thiazole rings is 1.